The molecule has 0 spiro atoms. The van der Waals surface area contributed by atoms with E-state index in [-0.39, 0.29) is 12.7 Å². The van der Waals surface area contributed by atoms with Crippen molar-refractivity contribution in [2.45, 2.75) is 59.0 Å². The molecule has 1 fully saturated rings. The van der Waals surface area contributed by atoms with Crippen molar-refractivity contribution in [1.82, 2.24) is 5.32 Å². The van der Waals surface area contributed by atoms with E-state index < -0.39 is 5.60 Å². The number of carbonyl (C=O) groups is 1. The fourth-order valence-corrected chi connectivity index (χ4v) is 2.65. The molecule has 0 bridgehead atoms. The normalized spacial score (nSPS) is 25.7. The molecule has 0 aliphatic heterocycles. The highest BCUT2D eigenvalue weighted by Crippen LogP contribution is 2.32. The average Bonchev–Trinajstić information content (AvgIpc) is 2.34. The number of nitrogens with one attached hydrogen (secondary N) is 1. The van der Waals surface area contributed by atoms with Gasteiger partial charge in [0.15, 0.2) is 0 Å². The Hall–Kier alpha value is -0.770. The van der Waals surface area contributed by atoms with Crippen LogP contribution in [0.25, 0.3) is 0 Å². The third kappa shape index (κ3) is 6.28. The van der Waals surface area contributed by atoms with E-state index in [0.717, 1.165) is 25.7 Å². The summed E-state index contributed by atoms with van der Waals surface area (Å²) in [7, 11) is 0. The van der Waals surface area contributed by atoms with Gasteiger partial charge in [0.2, 0.25) is 0 Å². The first-order valence-corrected chi connectivity index (χ1v) is 7.39. The van der Waals surface area contributed by atoms with E-state index in [2.05, 4.69) is 12.2 Å². The lowest BCUT2D eigenvalue weighted by Crippen LogP contribution is -2.36. The first kappa shape index (κ1) is 16.3. The van der Waals surface area contributed by atoms with Crippen LogP contribution >= 0.6 is 0 Å². The van der Waals surface area contributed by atoms with Gasteiger partial charge in [0.05, 0.1) is 0 Å². The number of rotatable bonds is 4. The number of ether oxygens (including phenoxy) is 1. The van der Waals surface area contributed by atoms with Gasteiger partial charge in [-0.1, -0.05) is 6.92 Å². The second-order valence-electron chi connectivity index (χ2n) is 6.82. The van der Waals surface area contributed by atoms with Gasteiger partial charge in [-0.2, -0.15) is 0 Å². The highest BCUT2D eigenvalue weighted by atomic mass is 16.6. The zero-order valence-electron chi connectivity index (χ0n) is 12.7. The Bertz CT molecular complexity index is 278. The summed E-state index contributed by atoms with van der Waals surface area (Å²) < 4.78 is 5.22. The summed E-state index contributed by atoms with van der Waals surface area (Å²) in [4.78, 5) is 11.6. The van der Waals surface area contributed by atoms with E-state index in [1.807, 2.05) is 20.8 Å². The molecule has 1 saturated carbocycles. The highest BCUT2D eigenvalue weighted by molar-refractivity contribution is 5.67. The minimum Gasteiger partial charge on any atom is -0.444 e. The molecule has 1 rings (SSSR count). The van der Waals surface area contributed by atoms with Crippen molar-refractivity contribution in [3.63, 3.8) is 0 Å². The van der Waals surface area contributed by atoms with Gasteiger partial charge < -0.3 is 15.2 Å². The Balaban J connectivity index is 2.21. The molecule has 1 amide bonds. The van der Waals surface area contributed by atoms with Crippen LogP contribution in [0.15, 0.2) is 0 Å². The van der Waals surface area contributed by atoms with Crippen LogP contribution in [0, 0.1) is 17.8 Å². The van der Waals surface area contributed by atoms with E-state index in [4.69, 9.17) is 9.84 Å². The third-order valence-corrected chi connectivity index (χ3v) is 3.92. The molecule has 0 aromatic rings. The summed E-state index contributed by atoms with van der Waals surface area (Å²) in [6.45, 7) is 8.71. The van der Waals surface area contributed by atoms with Gasteiger partial charge in [0, 0.05) is 13.2 Å². The number of aliphatic hydroxyl groups excluding tert-OH is 1. The fraction of sp³-hybridized carbons (Fsp3) is 0.933. The van der Waals surface area contributed by atoms with Crippen LogP contribution in [-0.2, 0) is 4.74 Å². The molecule has 0 radical (unpaired) electrons. The van der Waals surface area contributed by atoms with Gasteiger partial charge in [-0.25, -0.2) is 4.79 Å². The molecule has 2 N–H and O–H groups in total. The van der Waals surface area contributed by atoms with Crippen LogP contribution in [0.5, 0.6) is 0 Å². The first-order chi connectivity index (χ1) is 8.81. The summed E-state index contributed by atoms with van der Waals surface area (Å²) in [5, 5.41) is 12.0. The second kappa shape index (κ2) is 7.13. The van der Waals surface area contributed by atoms with Crippen LogP contribution in [0.3, 0.4) is 0 Å². The van der Waals surface area contributed by atoms with Gasteiger partial charge in [0.1, 0.15) is 5.60 Å². The van der Waals surface area contributed by atoms with E-state index >= 15 is 0 Å². The van der Waals surface area contributed by atoms with Crippen LogP contribution in [0.4, 0.5) is 4.79 Å². The van der Waals surface area contributed by atoms with Crippen LogP contribution in [0.1, 0.15) is 53.4 Å². The zero-order chi connectivity index (χ0) is 14.5. The van der Waals surface area contributed by atoms with Crippen LogP contribution in [0.2, 0.25) is 0 Å². The molecule has 0 aromatic heterocycles. The summed E-state index contributed by atoms with van der Waals surface area (Å²) in [5.74, 6) is 1.59. The molecule has 112 valence electrons. The Labute approximate surface area is 116 Å². The van der Waals surface area contributed by atoms with Crippen molar-refractivity contribution in [3.05, 3.63) is 0 Å². The summed E-state index contributed by atoms with van der Waals surface area (Å²) in [5.41, 5.74) is -0.432. The van der Waals surface area contributed by atoms with E-state index in [0.29, 0.717) is 24.3 Å². The molecule has 1 aliphatic carbocycles. The lowest BCUT2D eigenvalue weighted by molar-refractivity contribution is 0.0510. The second-order valence-corrected chi connectivity index (χ2v) is 6.82. The maximum atomic E-state index is 11.6. The molecule has 0 saturated heterocycles. The lowest BCUT2D eigenvalue weighted by Gasteiger charge is -2.31. The van der Waals surface area contributed by atoms with E-state index in [9.17, 15) is 4.79 Å². The molecule has 0 heterocycles. The third-order valence-electron chi connectivity index (χ3n) is 3.92. The van der Waals surface area contributed by atoms with Gasteiger partial charge in [-0.3, -0.25) is 0 Å². The van der Waals surface area contributed by atoms with Crippen LogP contribution < -0.4 is 5.32 Å². The average molecular weight is 271 g/mol. The minimum absolute atomic E-state index is 0.283. The number of alkyl carbamates (subject to hydrolysis) is 1. The van der Waals surface area contributed by atoms with Crippen molar-refractivity contribution < 1.29 is 14.6 Å². The smallest absolute Gasteiger partial charge is 0.407 e. The van der Waals surface area contributed by atoms with Crippen LogP contribution in [-0.4, -0.2) is 30.0 Å². The summed E-state index contributed by atoms with van der Waals surface area (Å²) in [6, 6.07) is 0. The number of hydrogen-bond donors (Lipinski definition) is 2. The van der Waals surface area contributed by atoms with Crippen molar-refractivity contribution in [1.29, 1.82) is 0 Å². The van der Waals surface area contributed by atoms with Crippen molar-refractivity contribution in [2.75, 3.05) is 13.2 Å². The van der Waals surface area contributed by atoms with Crippen molar-refractivity contribution >= 4 is 6.09 Å². The fourth-order valence-electron chi connectivity index (χ4n) is 2.65. The van der Waals surface area contributed by atoms with Crippen molar-refractivity contribution in [2.24, 2.45) is 17.8 Å². The molecule has 4 nitrogen and oxygen atoms in total. The largest absolute Gasteiger partial charge is 0.444 e. The van der Waals surface area contributed by atoms with E-state index in [1.165, 1.54) is 0 Å². The standard InChI is InChI=1S/C15H29NO3/c1-11(10-17)13-7-5-12(6-8-13)9-16-14(18)19-15(2,3)4/h11-13,17H,5-10H2,1-4H3,(H,16,18)/t11?,12-,13-. The number of carbonyl (C=O) groups excluding carboxylic acids is 1. The molecule has 1 unspecified atom stereocenters. The molecule has 19 heavy (non-hydrogen) atoms. The monoisotopic (exact) mass is 271 g/mol. The molecular formula is C15H29NO3. The number of hydrogen-bond acceptors (Lipinski definition) is 3. The lowest BCUT2D eigenvalue weighted by atomic mass is 9.76. The first-order valence-electron chi connectivity index (χ1n) is 7.39. The predicted octanol–water partition coefficient (Wildman–Crippen LogP) is 2.95. The quantitative estimate of drug-likeness (QED) is 0.826. The Morgan fingerprint density at radius 3 is 2.37 bits per heavy atom. The number of aliphatic hydroxyl groups is 1. The predicted molar refractivity (Wildman–Crippen MR) is 75.9 cm³/mol. The van der Waals surface area contributed by atoms with E-state index in [1.54, 1.807) is 0 Å². The van der Waals surface area contributed by atoms with Gasteiger partial charge in [-0.15, -0.1) is 0 Å². The van der Waals surface area contributed by atoms with Gasteiger partial charge in [-0.05, 0) is 64.2 Å². The van der Waals surface area contributed by atoms with Crippen molar-refractivity contribution in [3.8, 4) is 0 Å². The highest BCUT2D eigenvalue weighted by Gasteiger charge is 2.25. The molecule has 0 aromatic carbocycles. The van der Waals surface area contributed by atoms with Gasteiger partial charge in [0.25, 0.3) is 0 Å². The summed E-state index contributed by atoms with van der Waals surface area (Å²) in [6.07, 6.45) is 4.25. The maximum absolute atomic E-state index is 11.6. The summed E-state index contributed by atoms with van der Waals surface area (Å²) >= 11 is 0. The van der Waals surface area contributed by atoms with Gasteiger partial charge >= 0.3 is 6.09 Å². The Morgan fingerprint density at radius 1 is 1.32 bits per heavy atom. The molecule has 4 heteroatoms. The molecular weight excluding hydrogens is 242 g/mol. The topological polar surface area (TPSA) is 58.6 Å². The number of amides is 1. The minimum atomic E-state index is -0.432. The Morgan fingerprint density at radius 2 is 1.89 bits per heavy atom. The molecule has 1 atom stereocenters. The zero-order valence-corrected chi connectivity index (χ0v) is 12.7. The molecule has 1 aliphatic rings. The SMILES string of the molecule is CC(CO)[C@H]1CC[C@H](CNC(=O)OC(C)(C)C)CC1. The Kier molecular flexibility index (Phi) is 6.11. The maximum Gasteiger partial charge on any atom is 0.407 e.